The molecular weight excluding hydrogens is 374 g/mol. The van der Waals surface area contributed by atoms with Crippen LogP contribution in [0.4, 0.5) is 5.69 Å². The number of carbonyl (C=O) groups excluding carboxylic acids is 2. The number of nitrogens with zero attached hydrogens (tertiary/aromatic N) is 2. The molecule has 0 saturated carbocycles. The summed E-state index contributed by atoms with van der Waals surface area (Å²) in [4.78, 5) is 29.0. The Kier molecular flexibility index (Phi) is 6.37. The van der Waals surface area contributed by atoms with Crippen LogP contribution >= 0.6 is 11.6 Å². The Morgan fingerprint density at radius 2 is 1.61 bits per heavy atom. The van der Waals surface area contributed by atoms with Crippen molar-refractivity contribution in [1.82, 2.24) is 9.80 Å². The van der Waals surface area contributed by atoms with E-state index in [4.69, 9.17) is 11.6 Å². The number of amides is 2. The lowest BCUT2D eigenvalue weighted by Gasteiger charge is -2.34. The van der Waals surface area contributed by atoms with E-state index in [1.54, 1.807) is 17.0 Å². The normalized spacial score (nSPS) is 14.8. The fourth-order valence-corrected chi connectivity index (χ4v) is 3.89. The third-order valence-corrected chi connectivity index (χ3v) is 5.40. The predicted molar refractivity (Wildman–Crippen MR) is 113 cm³/mol. The Balaban J connectivity index is 1.54. The maximum atomic E-state index is 12.6. The smallest absolute Gasteiger partial charge is 0.255 e. The Morgan fingerprint density at radius 3 is 2.21 bits per heavy atom. The first-order chi connectivity index (χ1) is 13.3. The zero-order chi connectivity index (χ0) is 20.3. The van der Waals surface area contributed by atoms with Crippen molar-refractivity contribution >= 4 is 29.1 Å². The second-order valence-corrected chi connectivity index (χ2v) is 7.78. The summed E-state index contributed by atoms with van der Waals surface area (Å²) in [6, 6.07) is 11.2. The molecule has 148 valence electrons. The standard InChI is InChI=1S/C22H26ClN3O2/c1-15-12-16(2)21(17(3)13-15)24-20(27)14-25-8-10-26(11-9-25)22(28)18-6-4-5-7-19(18)23/h4-7,12-13H,8-11,14H2,1-3H3,(H,24,27). The first-order valence-corrected chi connectivity index (χ1v) is 9.87. The van der Waals surface area contributed by atoms with Gasteiger partial charge in [0, 0.05) is 31.9 Å². The van der Waals surface area contributed by atoms with Gasteiger partial charge in [-0.2, -0.15) is 0 Å². The maximum absolute atomic E-state index is 12.6. The summed E-state index contributed by atoms with van der Waals surface area (Å²) in [5.41, 5.74) is 4.75. The maximum Gasteiger partial charge on any atom is 0.255 e. The highest BCUT2D eigenvalue weighted by molar-refractivity contribution is 6.33. The quantitative estimate of drug-likeness (QED) is 0.853. The molecule has 1 N–H and O–H groups in total. The lowest BCUT2D eigenvalue weighted by Crippen LogP contribution is -2.50. The third kappa shape index (κ3) is 4.72. The number of hydrogen-bond donors (Lipinski definition) is 1. The van der Waals surface area contributed by atoms with Gasteiger partial charge in [0.05, 0.1) is 17.1 Å². The summed E-state index contributed by atoms with van der Waals surface area (Å²) < 4.78 is 0. The van der Waals surface area contributed by atoms with Crippen molar-refractivity contribution in [1.29, 1.82) is 0 Å². The largest absolute Gasteiger partial charge is 0.336 e. The zero-order valence-electron chi connectivity index (χ0n) is 16.6. The number of aryl methyl sites for hydroxylation is 3. The molecule has 3 rings (SSSR count). The molecule has 2 aromatic carbocycles. The Hall–Kier alpha value is -2.37. The van der Waals surface area contributed by atoms with Crippen molar-refractivity contribution in [3.63, 3.8) is 0 Å². The van der Waals surface area contributed by atoms with Crippen LogP contribution in [-0.2, 0) is 4.79 Å². The van der Waals surface area contributed by atoms with Gasteiger partial charge < -0.3 is 10.2 Å². The average molecular weight is 400 g/mol. The fourth-order valence-electron chi connectivity index (χ4n) is 3.67. The van der Waals surface area contributed by atoms with E-state index < -0.39 is 0 Å². The molecule has 1 aliphatic rings. The van der Waals surface area contributed by atoms with E-state index in [1.807, 2.05) is 26.0 Å². The lowest BCUT2D eigenvalue weighted by atomic mass is 10.1. The highest BCUT2D eigenvalue weighted by atomic mass is 35.5. The fraction of sp³-hybridized carbons (Fsp3) is 0.364. The number of rotatable bonds is 4. The van der Waals surface area contributed by atoms with Gasteiger partial charge in [-0.1, -0.05) is 41.4 Å². The molecule has 1 aliphatic heterocycles. The van der Waals surface area contributed by atoms with Gasteiger partial charge >= 0.3 is 0 Å². The molecule has 0 aliphatic carbocycles. The van der Waals surface area contributed by atoms with Gasteiger partial charge in [-0.25, -0.2) is 0 Å². The molecule has 0 aromatic heterocycles. The molecule has 6 heteroatoms. The van der Waals surface area contributed by atoms with Gasteiger partial charge in [-0.3, -0.25) is 14.5 Å². The van der Waals surface area contributed by atoms with E-state index in [0.29, 0.717) is 43.3 Å². The molecule has 5 nitrogen and oxygen atoms in total. The minimum absolute atomic E-state index is 0.0269. The number of benzene rings is 2. The summed E-state index contributed by atoms with van der Waals surface area (Å²) in [6.45, 7) is 8.88. The third-order valence-electron chi connectivity index (χ3n) is 5.07. The van der Waals surface area contributed by atoms with Crippen LogP contribution in [-0.4, -0.2) is 54.3 Å². The molecule has 28 heavy (non-hydrogen) atoms. The van der Waals surface area contributed by atoms with E-state index >= 15 is 0 Å². The number of anilines is 1. The molecule has 0 unspecified atom stereocenters. The van der Waals surface area contributed by atoms with Gasteiger partial charge in [-0.15, -0.1) is 0 Å². The predicted octanol–water partition coefficient (Wildman–Crippen LogP) is 3.66. The zero-order valence-corrected chi connectivity index (χ0v) is 17.3. The highest BCUT2D eigenvalue weighted by Gasteiger charge is 2.24. The second kappa shape index (κ2) is 8.76. The van der Waals surface area contributed by atoms with Crippen molar-refractivity contribution in [3.05, 3.63) is 63.7 Å². The summed E-state index contributed by atoms with van der Waals surface area (Å²) in [5.74, 6) is -0.0819. The van der Waals surface area contributed by atoms with Gasteiger partial charge in [0.1, 0.15) is 0 Å². The molecule has 0 bridgehead atoms. The summed E-state index contributed by atoms with van der Waals surface area (Å²) in [6.07, 6.45) is 0. The van der Waals surface area contributed by atoms with Crippen molar-refractivity contribution in [2.24, 2.45) is 0 Å². The van der Waals surface area contributed by atoms with E-state index in [0.717, 1.165) is 16.8 Å². The molecule has 0 spiro atoms. The molecule has 2 amide bonds. The Morgan fingerprint density at radius 1 is 1.00 bits per heavy atom. The van der Waals surface area contributed by atoms with Gasteiger partial charge in [0.15, 0.2) is 0 Å². The van der Waals surface area contributed by atoms with Crippen LogP contribution in [0.2, 0.25) is 5.02 Å². The molecule has 2 aromatic rings. The topological polar surface area (TPSA) is 52.7 Å². The second-order valence-electron chi connectivity index (χ2n) is 7.37. The van der Waals surface area contributed by atoms with Gasteiger partial charge in [0.2, 0.25) is 5.91 Å². The van der Waals surface area contributed by atoms with Crippen LogP contribution in [0.15, 0.2) is 36.4 Å². The van der Waals surface area contributed by atoms with Gasteiger partial charge in [-0.05, 0) is 44.0 Å². The molecular formula is C22H26ClN3O2. The summed E-state index contributed by atoms with van der Waals surface area (Å²) in [7, 11) is 0. The van der Waals surface area contributed by atoms with Crippen molar-refractivity contribution < 1.29 is 9.59 Å². The van der Waals surface area contributed by atoms with Crippen LogP contribution in [0, 0.1) is 20.8 Å². The van der Waals surface area contributed by atoms with Crippen LogP contribution in [0.1, 0.15) is 27.0 Å². The average Bonchev–Trinajstić information content (AvgIpc) is 2.65. The Bertz CT molecular complexity index is 866. The van der Waals surface area contributed by atoms with E-state index in [9.17, 15) is 9.59 Å². The molecule has 0 radical (unpaired) electrons. The summed E-state index contributed by atoms with van der Waals surface area (Å²) in [5, 5.41) is 3.51. The minimum Gasteiger partial charge on any atom is -0.336 e. The highest BCUT2D eigenvalue weighted by Crippen LogP contribution is 2.22. The number of nitrogens with one attached hydrogen (secondary N) is 1. The lowest BCUT2D eigenvalue weighted by molar-refractivity contribution is -0.117. The SMILES string of the molecule is Cc1cc(C)c(NC(=O)CN2CCN(C(=O)c3ccccc3Cl)CC2)c(C)c1. The van der Waals surface area contributed by atoms with Gasteiger partial charge in [0.25, 0.3) is 5.91 Å². The molecule has 0 atom stereocenters. The molecule has 1 saturated heterocycles. The van der Waals surface area contributed by atoms with Crippen LogP contribution < -0.4 is 5.32 Å². The minimum atomic E-state index is -0.0550. The summed E-state index contributed by atoms with van der Waals surface area (Å²) >= 11 is 6.14. The number of piperazine rings is 1. The van der Waals surface area contributed by atoms with Crippen molar-refractivity contribution in [2.45, 2.75) is 20.8 Å². The van der Waals surface area contributed by atoms with Crippen LogP contribution in [0.3, 0.4) is 0 Å². The number of carbonyl (C=O) groups is 2. The van der Waals surface area contributed by atoms with E-state index in [1.165, 1.54) is 5.56 Å². The monoisotopic (exact) mass is 399 g/mol. The van der Waals surface area contributed by atoms with Crippen LogP contribution in [0.25, 0.3) is 0 Å². The molecule has 1 heterocycles. The van der Waals surface area contributed by atoms with Crippen LogP contribution in [0.5, 0.6) is 0 Å². The number of hydrogen-bond acceptors (Lipinski definition) is 3. The molecule has 1 fully saturated rings. The van der Waals surface area contributed by atoms with E-state index in [-0.39, 0.29) is 11.8 Å². The Labute approximate surface area is 171 Å². The first kappa shape index (κ1) is 20.4. The van der Waals surface area contributed by atoms with Crippen molar-refractivity contribution in [3.8, 4) is 0 Å². The van der Waals surface area contributed by atoms with E-state index in [2.05, 4.69) is 29.3 Å². The number of halogens is 1. The van der Waals surface area contributed by atoms with Crippen molar-refractivity contribution in [2.75, 3.05) is 38.0 Å². The first-order valence-electron chi connectivity index (χ1n) is 9.49.